The summed E-state index contributed by atoms with van der Waals surface area (Å²) in [6.07, 6.45) is 0. The molecule has 4 heterocycles. The van der Waals surface area contributed by atoms with Crippen molar-refractivity contribution in [2.75, 3.05) is 9.80 Å². The summed E-state index contributed by atoms with van der Waals surface area (Å²) in [4.78, 5) is 42.5. The Hall–Kier alpha value is -11.8. The normalized spacial score (nSPS) is 11.7. The van der Waals surface area contributed by atoms with Gasteiger partial charge in [-0.15, -0.1) is 0 Å². The third-order valence-corrected chi connectivity index (χ3v) is 15.5. The molecule has 9 nitrogen and oxygen atoms in total. The van der Waals surface area contributed by atoms with Crippen molar-refractivity contribution in [3.05, 3.63) is 309 Å². The van der Waals surface area contributed by atoms with Gasteiger partial charge in [0.05, 0.1) is 51.2 Å². The lowest BCUT2D eigenvalue weighted by molar-refractivity contribution is 1.01. The quantitative estimate of drug-likeness (QED) is 0.118. The first-order valence-electron chi connectivity index (χ1n) is 28.6. The number of para-hydroxylation sites is 4. The maximum atomic E-state index is 5.75. The van der Waals surface area contributed by atoms with Crippen LogP contribution in [0.2, 0.25) is 0 Å². The van der Waals surface area contributed by atoms with Crippen LogP contribution in [-0.2, 0) is 0 Å². The highest BCUT2D eigenvalue weighted by atomic mass is 15.3. The molecule has 1 aliphatic rings. The third kappa shape index (κ3) is 9.70. The zero-order valence-corrected chi connectivity index (χ0v) is 46.5. The molecule has 0 amide bonds. The minimum Gasteiger partial charge on any atom is -0.306 e. The minimum absolute atomic E-state index is 0.478. The molecule has 0 aliphatic carbocycles. The topological polar surface area (TPSA) is 96.7 Å². The van der Waals surface area contributed by atoms with Gasteiger partial charge in [-0.25, -0.2) is 24.9 Å². The van der Waals surface area contributed by atoms with Crippen molar-refractivity contribution >= 4 is 34.4 Å². The van der Waals surface area contributed by atoms with Crippen LogP contribution in [-0.4, -0.2) is 34.9 Å². The smallest absolute Gasteiger partial charge is 0.238 e. The summed E-state index contributed by atoms with van der Waals surface area (Å²) in [5.74, 6) is 2.79. The van der Waals surface area contributed by atoms with Crippen molar-refractivity contribution in [2.24, 2.45) is 0 Å². The van der Waals surface area contributed by atoms with Crippen LogP contribution < -0.4 is 9.80 Å². The van der Waals surface area contributed by atoms with E-state index in [2.05, 4.69) is 210 Å². The Balaban J connectivity index is 1.09. The fourth-order valence-electron chi connectivity index (χ4n) is 11.5. The Bertz CT molecular complexity index is 4510. The molecule has 0 saturated heterocycles. The lowest BCUT2D eigenvalue weighted by atomic mass is 9.83. The number of anilines is 6. The summed E-state index contributed by atoms with van der Waals surface area (Å²) in [6.45, 7) is 0. The second kappa shape index (κ2) is 22.5. The first kappa shape index (κ1) is 51.1. The first-order chi connectivity index (χ1) is 42.7. The van der Waals surface area contributed by atoms with Crippen LogP contribution in [0.4, 0.5) is 34.4 Å². The van der Waals surface area contributed by atoms with Crippen LogP contribution in [0.5, 0.6) is 0 Å². The predicted octanol–water partition coefficient (Wildman–Crippen LogP) is 19.4. The van der Waals surface area contributed by atoms with Crippen LogP contribution >= 0.6 is 0 Å². The number of rotatable bonds is 12. The number of benzene rings is 11. The van der Waals surface area contributed by atoms with Crippen molar-refractivity contribution in [3.63, 3.8) is 0 Å². The predicted molar refractivity (Wildman–Crippen MR) is 348 cm³/mol. The molecule has 14 aromatic rings. The standard InChI is InChI=1S/C77H51N9/c1-9-29-52(30-10-1)60-49-69(85-65-45-25-27-47-67(65)86(68-48-28-26-46-66(68)85)77-83-75(58-41-21-7-22-42-58)82-76(84-77)59-43-23-8-24-44-59)72(64-51-62(54-33-13-3-14-34-54)79-74(81-64)57-39-19-6-20-40-57)70(55-35-15-4-16-36-55)71(60)63-50-61(53-31-11-2-12-32-53)78-73(80-63)56-37-17-5-18-38-56/h1-51H. The van der Waals surface area contributed by atoms with E-state index < -0.39 is 0 Å². The van der Waals surface area contributed by atoms with E-state index in [-0.39, 0.29) is 0 Å². The van der Waals surface area contributed by atoms with Gasteiger partial charge in [-0.05, 0) is 59.2 Å². The molecule has 0 spiro atoms. The number of fused-ring (bicyclic) bond motifs is 2. The highest BCUT2D eigenvalue weighted by Gasteiger charge is 2.36. The molecule has 404 valence electrons. The summed E-state index contributed by atoms with van der Waals surface area (Å²) in [6, 6.07) is 107. The Morgan fingerprint density at radius 2 is 0.477 bits per heavy atom. The third-order valence-electron chi connectivity index (χ3n) is 15.5. The Morgan fingerprint density at radius 1 is 0.186 bits per heavy atom. The fraction of sp³-hybridized carbons (Fsp3) is 0. The van der Waals surface area contributed by atoms with Gasteiger partial charge in [-0.1, -0.05) is 267 Å². The maximum absolute atomic E-state index is 5.75. The van der Waals surface area contributed by atoms with Crippen molar-refractivity contribution in [3.8, 4) is 113 Å². The van der Waals surface area contributed by atoms with Gasteiger partial charge in [0.25, 0.3) is 0 Å². The second-order valence-corrected chi connectivity index (χ2v) is 20.9. The van der Waals surface area contributed by atoms with Crippen molar-refractivity contribution in [1.82, 2.24) is 34.9 Å². The van der Waals surface area contributed by atoms with E-state index in [0.717, 1.165) is 112 Å². The van der Waals surface area contributed by atoms with Crippen molar-refractivity contribution < 1.29 is 0 Å². The summed E-state index contributed by atoms with van der Waals surface area (Å²) in [7, 11) is 0. The number of hydrogen-bond donors (Lipinski definition) is 0. The largest absolute Gasteiger partial charge is 0.306 e. The summed E-state index contributed by atoms with van der Waals surface area (Å²) >= 11 is 0. The van der Waals surface area contributed by atoms with E-state index in [4.69, 9.17) is 34.9 Å². The van der Waals surface area contributed by atoms with Gasteiger partial charge in [0.2, 0.25) is 5.95 Å². The van der Waals surface area contributed by atoms with Crippen LogP contribution in [0.25, 0.3) is 113 Å². The van der Waals surface area contributed by atoms with Crippen LogP contribution in [0, 0.1) is 0 Å². The molecule has 0 unspecified atom stereocenters. The molecule has 0 bridgehead atoms. The zero-order chi connectivity index (χ0) is 57.2. The van der Waals surface area contributed by atoms with Crippen LogP contribution in [0.15, 0.2) is 309 Å². The molecule has 0 atom stereocenters. The lowest BCUT2D eigenvalue weighted by Gasteiger charge is -2.40. The number of nitrogens with zero attached hydrogens (tertiary/aromatic N) is 9. The summed E-state index contributed by atoms with van der Waals surface area (Å²) < 4.78 is 0. The lowest BCUT2D eigenvalue weighted by Crippen LogP contribution is -2.26. The van der Waals surface area contributed by atoms with Gasteiger partial charge in [0.15, 0.2) is 23.3 Å². The average molecular weight is 1100 g/mol. The summed E-state index contributed by atoms with van der Waals surface area (Å²) in [5, 5.41) is 0. The first-order valence-corrected chi connectivity index (χ1v) is 28.6. The highest BCUT2D eigenvalue weighted by molar-refractivity contribution is 6.11. The van der Waals surface area contributed by atoms with Gasteiger partial charge in [-0.2, -0.15) is 9.97 Å². The van der Waals surface area contributed by atoms with Gasteiger partial charge in [-0.3, -0.25) is 4.90 Å². The van der Waals surface area contributed by atoms with Crippen LogP contribution in [0.1, 0.15) is 0 Å². The van der Waals surface area contributed by atoms with E-state index in [1.54, 1.807) is 0 Å². The average Bonchev–Trinajstić information content (AvgIpc) is 0.832. The molecule has 1 aliphatic heterocycles. The maximum Gasteiger partial charge on any atom is 0.238 e. The van der Waals surface area contributed by atoms with E-state index in [1.807, 2.05) is 109 Å². The molecule has 15 rings (SSSR count). The fourth-order valence-corrected chi connectivity index (χ4v) is 11.5. The molecule has 3 aromatic heterocycles. The molecule has 11 aromatic carbocycles. The van der Waals surface area contributed by atoms with Crippen LogP contribution in [0.3, 0.4) is 0 Å². The molecular formula is C77H51N9. The number of aromatic nitrogens is 7. The molecule has 9 heteroatoms. The Labute approximate surface area is 498 Å². The van der Waals surface area contributed by atoms with Gasteiger partial charge < -0.3 is 4.90 Å². The van der Waals surface area contributed by atoms with Crippen molar-refractivity contribution in [2.45, 2.75) is 0 Å². The van der Waals surface area contributed by atoms with Gasteiger partial charge in [0, 0.05) is 50.1 Å². The molecule has 0 N–H and O–H groups in total. The van der Waals surface area contributed by atoms with E-state index in [0.29, 0.717) is 34.9 Å². The molecule has 0 fully saturated rings. The highest BCUT2D eigenvalue weighted by Crippen LogP contribution is 2.59. The molecule has 0 saturated carbocycles. The SMILES string of the molecule is c1ccc(-c2cc(-c3c(-c4ccccc4)cc(N4c5ccccc5N(c5nc(-c6ccccc6)nc(-c6ccccc6)n5)c5ccccc54)c(-c4cc(-c5ccccc5)nc(-c5ccccc5)n4)c3-c3ccccc3)nc(-c3ccccc3)n2)cc1. The minimum atomic E-state index is 0.478. The van der Waals surface area contributed by atoms with E-state index >= 15 is 0 Å². The molecule has 0 radical (unpaired) electrons. The van der Waals surface area contributed by atoms with Gasteiger partial charge >= 0.3 is 0 Å². The van der Waals surface area contributed by atoms with Gasteiger partial charge in [0.1, 0.15) is 0 Å². The van der Waals surface area contributed by atoms with Crippen molar-refractivity contribution in [1.29, 1.82) is 0 Å². The Morgan fingerprint density at radius 3 is 0.860 bits per heavy atom. The molecule has 86 heavy (non-hydrogen) atoms. The Kier molecular flexibility index (Phi) is 13.4. The van der Waals surface area contributed by atoms with E-state index in [9.17, 15) is 0 Å². The number of hydrogen-bond acceptors (Lipinski definition) is 9. The molecular weight excluding hydrogens is 1050 g/mol. The zero-order valence-electron chi connectivity index (χ0n) is 46.5. The summed E-state index contributed by atoms with van der Waals surface area (Å²) in [5.41, 5.74) is 18.5. The second-order valence-electron chi connectivity index (χ2n) is 20.9. The monoisotopic (exact) mass is 1100 g/mol. The van der Waals surface area contributed by atoms with E-state index in [1.165, 1.54) is 0 Å².